The number of alkyl halides is 1. The first-order valence-corrected chi connectivity index (χ1v) is 7.20. The molecule has 0 fully saturated rings. The van der Waals surface area contributed by atoms with E-state index in [0.717, 1.165) is 0 Å². The topological polar surface area (TPSA) is 70.0 Å². The maximum Gasteiger partial charge on any atom is 0.233 e. The van der Waals surface area contributed by atoms with Crippen molar-refractivity contribution in [3.05, 3.63) is 17.0 Å². The summed E-state index contributed by atoms with van der Waals surface area (Å²) in [6.45, 7) is 0. The van der Waals surface area contributed by atoms with Gasteiger partial charge in [0.1, 0.15) is 11.1 Å². The number of nitrogens with one attached hydrogen (secondary N) is 1. The Bertz CT molecular complexity index is 461. The van der Waals surface area contributed by atoms with Gasteiger partial charge in [0.05, 0.1) is 11.3 Å². The van der Waals surface area contributed by atoms with Crippen LogP contribution in [0.1, 0.15) is 12.0 Å². The highest BCUT2D eigenvalue weighted by molar-refractivity contribution is 7.92. The number of anilines is 1. The molecule has 4 nitrogen and oxygen atoms in total. The lowest BCUT2D eigenvalue weighted by molar-refractivity contribution is 0.600. The predicted octanol–water partition coefficient (Wildman–Crippen LogP) is 1.99. The Balaban J connectivity index is 2.74. The molecule has 0 bridgehead atoms. The molecule has 82 valence electrons. The number of thiophene rings is 1. The summed E-state index contributed by atoms with van der Waals surface area (Å²) in [6, 6.07) is 3.49. The van der Waals surface area contributed by atoms with E-state index in [1.807, 2.05) is 6.07 Å². The highest BCUT2D eigenvalue weighted by atomic mass is 35.5. The zero-order valence-electron chi connectivity index (χ0n) is 7.73. The number of nitriles is 1. The maximum atomic E-state index is 11.5. The van der Waals surface area contributed by atoms with Gasteiger partial charge in [0.25, 0.3) is 0 Å². The van der Waals surface area contributed by atoms with Gasteiger partial charge >= 0.3 is 0 Å². The molecule has 1 rings (SSSR count). The van der Waals surface area contributed by atoms with Gasteiger partial charge in [0.2, 0.25) is 10.0 Å². The molecule has 1 heterocycles. The second kappa shape index (κ2) is 5.35. The molecule has 1 N–H and O–H groups in total. The van der Waals surface area contributed by atoms with Crippen molar-refractivity contribution in [3.63, 3.8) is 0 Å². The van der Waals surface area contributed by atoms with Crippen molar-refractivity contribution in [1.29, 1.82) is 5.26 Å². The lowest BCUT2D eigenvalue weighted by Crippen LogP contribution is -2.16. The molecular formula is C8H9ClN2O2S2. The maximum absolute atomic E-state index is 11.5. The number of halogens is 1. The fourth-order valence-corrected chi connectivity index (χ4v) is 3.38. The molecule has 7 heteroatoms. The molecule has 15 heavy (non-hydrogen) atoms. The zero-order valence-corrected chi connectivity index (χ0v) is 10.1. The minimum Gasteiger partial charge on any atom is -0.273 e. The van der Waals surface area contributed by atoms with Crippen molar-refractivity contribution in [1.82, 2.24) is 0 Å². The van der Waals surface area contributed by atoms with E-state index < -0.39 is 10.0 Å². The van der Waals surface area contributed by atoms with Gasteiger partial charge in [-0.05, 0) is 17.9 Å². The number of rotatable bonds is 5. The van der Waals surface area contributed by atoms with Crippen molar-refractivity contribution in [2.75, 3.05) is 16.4 Å². The highest BCUT2D eigenvalue weighted by Gasteiger charge is 2.13. The van der Waals surface area contributed by atoms with Crippen LogP contribution in [0.2, 0.25) is 0 Å². The van der Waals surface area contributed by atoms with Crippen LogP contribution >= 0.6 is 22.9 Å². The smallest absolute Gasteiger partial charge is 0.233 e. The molecule has 0 saturated carbocycles. The average Bonchev–Trinajstić information content (AvgIpc) is 2.61. The number of hydrogen-bond acceptors (Lipinski definition) is 4. The first-order valence-electron chi connectivity index (χ1n) is 4.13. The van der Waals surface area contributed by atoms with Crippen molar-refractivity contribution in [2.24, 2.45) is 0 Å². The third-order valence-electron chi connectivity index (χ3n) is 1.58. The third kappa shape index (κ3) is 3.70. The molecular weight excluding hydrogens is 256 g/mol. The van der Waals surface area contributed by atoms with Crippen LogP contribution in [0, 0.1) is 11.3 Å². The molecule has 0 aromatic carbocycles. The quantitative estimate of drug-likeness (QED) is 0.827. The Morgan fingerprint density at radius 1 is 1.60 bits per heavy atom. The summed E-state index contributed by atoms with van der Waals surface area (Å²) in [6.07, 6.45) is 0.393. The van der Waals surface area contributed by atoms with E-state index in [9.17, 15) is 8.42 Å². The summed E-state index contributed by atoms with van der Waals surface area (Å²) in [7, 11) is -3.37. The Hall–Kier alpha value is -0.770. The molecule has 0 radical (unpaired) electrons. The van der Waals surface area contributed by atoms with Crippen LogP contribution in [-0.2, 0) is 10.0 Å². The van der Waals surface area contributed by atoms with E-state index in [-0.39, 0.29) is 5.75 Å². The lowest BCUT2D eigenvalue weighted by Gasteiger charge is -2.04. The van der Waals surface area contributed by atoms with E-state index >= 15 is 0 Å². The minimum atomic E-state index is -3.37. The highest BCUT2D eigenvalue weighted by Crippen LogP contribution is 2.23. The Morgan fingerprint density at radius 3 is 2.93 bits per heavy atom. The van der Waals surface area contributed by atoms with Gasteiger partial charge in [-0.1, -0.05) is 0 Å². The van der Waals surface area contributed by atoms with Crippen molar-refractivity contribution in [2.45, 2.75) is 6.42 Å². The number of hydrogen-bond donors (Lipinski definition) is 1. The normalized spacial score (nSPS) is 10.9. The molecule has 1 aromatic rings. The van der Waals surface area contributed by atoms with Crippen LogP contribution in [0.25, 0.3) is 0 Å². The molecule has 0 aliphatic heterocycles. The van der Waals surface area contributed by atoms with E-state index in [4.69, 9.17) is 16.9 Å². The second-order valence-electron chi connectivity index (χ2n) is 2.74. The summed E-state index contributed by atoms with van der Waals surface area (Å²) in [5.41, 5.74) is 0.342. The van der Waals surface area contributed by atoms with Crippen LogP contribution < -0.4 is 4.72 Å². The van der Waals surface area contributed by atoms with Gasteiger partial charge < -0.3 is 0 Å². The van der Waals surface area contributed by atoms with E-state index in [1.165, 1.54) is 11.3 Å². The first kappa shape index (κ1) is 12.3. The zero-order chi connectivity index (χ0) is 11.3. The standard InChI is InChI=1S/C8H9ClN2O2S2/c9-3-1-5-15(12,13)11-8-7(6-10)2-4-14-8/h2,4,11H,1,3,5H2. The van der Waals surface area contributed by atoms with Gasteiger partial charge in [-0.15, -0.1) is 22.9 Å². The molecule has 0 aliphatic rings. The van der Waals surface area contributed by atoms with Gasteiger partial charge in [0, 0.05) is 5.88 Å². The second-order valence-corrected chi connectivity index (χ2v) is 5.87. The minimum absolute atomic E-state index is 0.0285. The van der Waals surface area contributed by atoms with Gasteiger partial charge in [-0.2, -0.15) is 5.26 Å². The number of sulfonamides is 1. The van der Waals surface area contributed by atoms with Crippen LogP contribution in [0.5, 0.6) is 0 Å². The van der Waals surface area contributed by atoms with Crippen molar-refractivity contribution < 1.29 is 8.42 Å². The first-order chi connectivity index (χ1) is 7.09. The largest absolute Gasteiger partial charge is 0.273 e. The Kier molecular flexibility index (Phi) is 4.39. The summed E-state index contributed by atoms with van der Waals surface area (Å²) in [5, 5.41) is 10.7. The number of nitrogens with zero attached hydrogens (tertiary/aromatic N) is 1. The molecule has 0 unspecified atom stereocenters. The summed E-state index contributed by atoms with van der Waals surface area (Å²) in [5.74, 6) is 0.274. The predicted molar refractivity (Wildman–Crippen MR) is 61.8 cm³/mol. The van der Waals surface area contributed by atoms with Gasteiger partial charge in [0.15, 0.2) is 0 Å². The molecule has 1 aromatic heterocycles. The molecule has 0 aliphatic carbocycles. The molecule has 0 amide bonds. The van der Waals surface area contributed by atoms with Gasteiger partial charge in [-0.3, -0.25) is 4.72 Å². The average molecular weight is 265 g/mol. The van der Waals surface area contributed by atoms with Crippen molar-refractivity contribution >= 4 is 38.0 Å². The van der Waals surface area contributed by atoms with E-state index in [1.54, 1.807) is 11.4 Å². The van der Waals surface area contributed by atoms with Crippen LogP contribution in [0.3, 0.4) is 0 Å². The molecule has 0 atom stereocenters. The van der Waals surface area contributed by atoms with Crippen LogP contribution in [0.15, 0.2) is 11.4 Å². The van der Waals surface area contributed by atoms with Gasteiger partial charge in [-0.25, -0.2) is 8.42 Å². The van der Waals surface area contributed by atoms with Crippen LogP contribution in [0.4, 0.5) is 5.00 Å². The monoisotopic (exact) mass is 264 g/mol. The third-order valence-corrected chi connectivity index (χ3v) is 4.15. The lowest BCUT2D eigenvalue weighted by atomic mass is 10.4. The Labute approximate surface area is 97.5 Å². The van der Waals surface area contributed by atoms with Crippen molar-refractivity contribution in [3.8, 4) is 6.07 Å². The molecule has 0 spiro atoms. The molecule has 0 saturated heterocycles. The summed E-state index contributed by atoms with van der Waals surface area (Å²) in [4.78, 5) is 0. The van der Waals surface area contributed by atoms with Crippen LogP contribution in [-0.4, -0.2) is 20.1 Å². The van der Waals surface area contributed by atoms with E-state index in [2.05, 4.69) is 4.72 Å². The fraction of sp³-hybridized carbons (Fsp3) is 0.375. The summed E-state index contributed by atoms with van der Waals surface area (Å²) >= 11 is 6.59. The summed E-state index contributed by atoms with van der Waals surface area (Å²) < 4.78 is 25.3. The van der Waals surface area contributed by atoms with E-state index in [0.29, 0.717) is 22.9 Å². The Morgan fingerprint density at radius 2 is 2.33 bits per heavy atom. The fourth-order valence-electron chi connectivity index (χ4n) is 0.913. The SMILES string of the molecule is N#Cc1ccsc1NS(=O)(=O)CCCCl.